The molecule has 0 atom stereocenters. The number of piperidine rings is 1. The van der Waals surface area contributed by atoms with Gasteiger partial charge < -0.3 is 10.0 Å². The van der Waals surface area contributed by atoms with Crippen LogP contribution in [0.1, 0.15) is 62.8 Å². The van der Waals surface area contributed by atoms with Gasteiger partial charge in [-0.05, 0) is 55.2 Å². The Labute approximate surface area is 167 Å². The van der Waals surface area contributed by atoms with Crippen LogP contribution in [0.4, 0.5) is 5.69 Å². The van der Waals surface area contributed by atoms with E-state index in [1.807, 2.05) is 0 Å². The highest BCUT2D eigenvalue weighted by atomic mass is 16.3. The second kappa shape index (κ2) is 8.29. The lowest BCUT2D eigenvalue weighted by molar-refractivity contribution is 0.378. The van der Waals surface area contributed by atoms with E-state index in [9.17, 15) is 9.90 Å². The summed E-state index contributed by atoms with van der Waals surface area (Å²) in [6, 6.07) is 8.97. The third kappa shape index (κ3) is 4.70. The third-order valence-electron chi connectivity index (χ3n) is 5.69. The zero-order valence-electron chi connectivity index (χ0n) is 17.3. The first-order valence-electron chi connectivity index (χ1n) is 10.1. The van der Waals surface area contributed by atoms with Crippen molar-refractivity contribution in [3.05, 3.63) is 47.0 Å². The van der Waals surface area contributed by atoms with Crippen LogP contribution in [0.2, 0.25) is 0 Å². The maximum Gasteiger partial charge on any atom is 0.257 e. The molecule has 1 fully saturated rings. The van der Waals surface area contributed by atoms with Gasteiger partial charge in [-0.15, -0.1) is 0 Å². The molecule has 1 saturated heterocycles. The minimum Gasteiger partial charge on any atom is -0.504 e. The number of aromatic nitrogens is 2. The van der Waals surface area contributed by atoms with E-state index in [1.54, 1.807) is 13.2 Å². The summed E-state index contributed by atoms with van der Waals surface area (Å²) in [7, 11) is 0. The van der Waals surface area contributed by atoms with Crippen LogP contribution in [-0.4, -0.2) is 34.5 Å². The van der Waals surface area contributed by atoms with Crippen LogP contribution in [0.15, 0.2) is 24.3 Å². The Kier molecular flexibility index (Phi) is 6.01. The molecule has 1 aliphatic rings. The van der Waals surface area contributed by atoms with E-state index in [0.717, 1.165) is 38.8 Å². The zero-order chi connectivity index (χ0) is 20.3. The van der Waals surface area contributed by atoms with E-state index in [-0.39, 0.29) is 16.9 Å². The molecule has 0 saturated carbocycles. The van der Waals surface area contributed by atoms with E-state index in [4.69, 9.17) is 0 Å². The summed E-state index contributed by atoms with van der Waals surface area (Å²) in [6.45, 7) is 10.5. The zero-order valence-corrected chi connectivity index (χ0v) is 17.3. The lowest BCUT2D eigenvalue weighted by Gasteiger charge is -2.34. The standard InChI is InChI=1S/C23H30N3O2/c1-16-22(28)20(15-27)25-21(24-16)10-5-17-11-13-26(14-12-17)19-8-6-18(7-9-19)23(2,3)4/h6-9,17,28H,5,10-14H2,1-4H3. The average Bonchev–Trinajstić information content (AvgIpc) is 2.68. The summed E-state index contributed by atoms with van der Waals surface area (Å²) >= 11 is 0. The van der Waals surface area contributed by atoms with Gasteiger partial charge in [0.2, 0.25) is 0 Å². The summed E-state index contributed by atoms with van der Waals surface area (Å²) in [5, 5.41) is 9.74. The molecule has 0 spiro atoms. The molecule has 1 radical (unpaired) electrons. The first kappa shape index (κ1) is 20.3. The highest BCUT2D eigenvalue weighted by molar-refractivity contribution is 5.76. The van der Waals surface area contributed by atoms with Crippen molar-refractivity contribution in [2.24, 2.45) is 5.92 Å². The van der Waals surface area contributed by atoms with E-state index in [2.05, 4.69) is 59.9 Å². The van der Waals surface area contributed by atoms with Gasteiger partial charge in [0.05, 0.1) is 5.69 Å². The monoisotopic (exact) mass is 380 g/mol. The number of anilines is 1. The first-order valence-corrected chi connectivity index (χ1v) is 10.1. The summed E-state index contributed by atoms with van der Waals surface area (Å²) in [5.74, 6) is 1.09. The molecular formula is C23H30N3O2. The minimum absolute atomic E-state index is 0.0315. The topological polar surface area (TPSA) is 66.3 Å². The summed E-state index contributed by atoms with van der Waals surface area (Å²) in [4.78, 5) is 21.8. The Morgan fingerprint density at radius 1 is 1.14 bits per heavy atom. The molecule has 5 nitrogen and oxygen atoms in total. The molecule has 2 heterocycles. The number of benzene rings is 1. The molecule has 28 heavy (non-hydrogen) atoms. The van der Waals surface area contributed by atoms with Gasteiger partial charge in [0.1, 0.15) is 5.82 Å². The van der Waals surface area contributed by atoms with Gasteiger partial charge in [-0.3, -0.25) is 4.79 Å². The molecule has 1 aliphatic heterocycles. The lowest BCUT2D eigenvalue weighted by Crippen LogP contribution is -2.33. The van der Waals surface area contributed by atoms with Gasteiger partial charge >= 0.3 is 0 Å². The van der Waals surface area contributed by atoms with Crippen LogP contribution in [0.25, 0.3) is 0 Å². The smallest absolute Gasteiger partial charge is 0.257 e. The number of aromatic hydroxyl groups is 1. The fourth-order valence-corrected chi connectivity index (χ4v) is 3.79. The molecule has 149 valence electrons. The highest BCUT2D eigenvalue weighted by Crippen LogP contribution is 2.29. The number of carbonyl (C=O) groups excluding carboxylic acids is 1. The Morgan fingerprint density at radius 3 is 2.36 bits per heavy atom. The van der Waals surface area contributed by atoms with Gasteiger partial charge in [-0.25, -0.2) is 9.97 Å². The van der Waals surface area contributed by atoms with Gasteiger partial charge in [-0.2, -0.15) is 0 Å². The van der Waals surface area contributed by atoms with Crippen molar-refractivity contribution in [2.45, 2.75) is 58.8 Å². The highest BCUT2D eigenvalue weighted by Gasteiger charge is 2.21. The molecule has 0 bridgehead atoms. The predicted octanol–water partition coefficient (Wildman–Crippen LogP) is 4.10. The van der Waals surface area contributed by atoms with Crippen molar-refractivity contribution < 1.29 is 9.90 Å². The number of nitrogens with zero attached hydrogens (tertiary/aromatic N) is 3. The van der Waals surface area contributed by atoms with Crippen LogP contribution in [-0.2, 0) is 16.6 Å². The van der Waals surface area contributed by atoms with Crippen molar-refractivity contribution in [1.29, 1.82) is 0 Å². The first-order chi connectivity index (χ1) is 13.3. The third-order valence-corrected chi connectivity index (χ3v) is 5.69. The molecule has 2 aromatic rings. The van der Waals surface area contributed by atoms with Crippen molar-refractivity contribution in [1.82, 2.24) is 9.97 Å². The second-order valence-electron chi connectivity index (χ2n) is 8.79. The van der Waals surface area contributed by atoms with Crippen LogP contribution in [0, 0.1) is 12.8 Å². The van der Waals surface area contributed by atoms with Crippen molar-refractivity contribution in [2.75, 3.05) is 18.0 Å². The number of hydrogen-bond acceptors (Lipinski definition) is 5. The largest absolute Gasteiger partial charge is 0.504 e. The lowest BCUT2D eigenvalue weighted by atomic mass is 9.87. The predicted molar refractivity (Wildman–Crippen MR) is 112 cm³/mol. The van der Waals surface area contributed by atoms with Crippen LogP contribution < -0.4 is 4.90 Å². The van der Waals surface area contributed by atoms with E-state index >= 15 is 0 Å². The Hall–Kier alpha value is -2.43. The Morgan fingerprint density at radius 2 is 1.79 bits per heavy atom. The van der Waals surface area contributed by atoms with Crippen molar-refractivity contribution >= 4 is 12.0 Å². The van der Waals surface area contributed by atoms with E-state index < -0.39 is 0 Å². The van der Waals surface area contributed by atoms with E-state index in [1.165, 1.54) is 11.3 Å². The van der Waals surface area contributed by atoms with E-state index in [0.29, 0.717) is 17.4 Å². The SMILES string of the molecule is Cc1nc(CCC2CCN(c3ccc(C(C)(C)C)cc3)CC2)nc([C]=O)c1O. The minimum atomic E-state index is -0.162. The average molecular weight is 381 g/mol. The second-order valence-corrected chi connectivity index (χ2v) is 8.79. The molecule has 1 aromatic heterocycles. The molecular weight excluding hydrogens is 350 g/mol. The fraction of sp³-hybridized carbons (Fsp3) is 0.522. The number of aryl methyl sites for hydroxylation is 2. The molecule has 3 rings (SSSR count). The normalized spacial score (nSPS) is 15.6. The molecule has 0 amide bonds. The van der Waals surface area contributed by atoms with Crippen LogP contribution in [0.3, 0.4) is 0 Å². The molecule has 0 unspecified atom stereocenters. The number of rotatable bonds is 5. The van der Waals surface area contributed by atoms with Crippen LogP contribution >= 0.6 is 0 Å². The maximum atomic E-state index is 10.9. The fourth-order valence-electron chi connectivity index (χ4n) is 3.79. The van der Waals surface area contributed by atoms with Gasteiger partial charge in [0.15, 0.2) is 11.4 Å². The molecule has 5 heteroatoms. The summed E-state index contributed by atoms with van der Waals surface area (Å²) in [6.07, 6.45) is 5.70. The number of hydrogen-bond donors (Lipinski definition) is 1. The summed E-state index contributed by atoms with van der Waals surface area (Å²) < 4.78 is 0. The molecule has 1 N–H and O–H groups in total. The Balaban J connectivity index is 1.53. The molecule has 1 aromatic carbocycles. The van der Waals surface area contributed by atoms with Crippen molar-refractivity contribution in [3.8, 4) is 5.75 Å². The van der Waals surface area contributed by atoms with Crippen molar-refractivity contribution in [3.63, 3.8) is 0 Å². The molecule has 0 aliphatic carbocycles. The van der Waals surface area contributed by atoms with Gasteiger partial charge in [0, 0.05) is 25.2 Å². The van der Waals surface area contributed by atoms with Gasteiger partial charge in [0.25, 0.3) is 6.29 Å². The Bertz CT molecular complexity index is 817. The van der Waals surface area contributed by atoms with Gasteiger partial charge in [-0.1, -0.05) is 32.9 Å². The maximum absolute atomic E-state index is 10.9. The van der Waals surface area contributed by atoms with Crippen LogP contribution in [0.5, 0.6) is 5.75 Å². The summed E-state index contributed by atoms with van der Waals surface area (Å²) in [5.41, 5.74) is 3.26. The quantitative estimate of drug-likeness (QED) is 0.846.